The molecule has 0 aromatic carbocycles. The Balaban J connectivity index is 1.79. The Morgan fingerprint density at radius 2 is 2.47 bits per heavy atom. The van der Waals surface area contributed by atoms with E-state index in [1.54, 1.807) is 0 Å². The lowest BCUT2D eigenvalue weighted by atomic mass is 10.2. The van der Waals surface area contributed by atoms with Crippen LogP contribution < -0.4 is 5.32 Å². The van der Waals surface area contributed by atoms with E-state index in [-0.39, 0.29) is 0 Å². The summed E-state index contributed by atoms with van der Waals surface area (Å²) in [5, 5.41) is 13.3. The number of rotatable bonds is 4. The summed E-state index contributed by atoms with van der Waals surface area (Å²) in [5.41, 5.74) is 0. The standard InChI is InChI=1S/C10H14ClNOS2/c11-10-2-1-9(15-10)8(13)5-12-7-3-4-14-6-7/h1-2,7-8,12-13H,3-6H2. The molecule has 1 aliphatic heterocycles. The number of aliphatic hydroxyl groups excluding tert-OH is 1. The van der Waals surface area contributed by atoms with Crippen LogP contribution in [0, 0.1) is 0 Å². The average Bonchev–Trinajstić information content (AvgIpc) is 2.84. The summed E-state index contributed by atoms with van der Waals surface area (Å²) in [4.78, 5) is 0.943. The Bertz CT molecular complexity index is 312. The number of hydrogen-bond donors (Lipinski definition) is 2. The minimum atomic E-state index is -0.423. The molecule has 5 heteroatoms. The molecule has 2 N–H and O–H groups in total. The third kappa shape index (κ3) is 3.36. The summed E-state index contributed by atoms with van der Waals surface area (Å²) in [7, 11) is 0. The van der Waals surface area contributed by atoms with Crippen molar-refractivity contribution in [3.63, 3.8) is 0 Å². The molecule has 0 aliphatic carbocycles. The van der Waals surface area contributed by atoms with Crippen LogP contribution >= 0.6 is 34.7 Å². The van der Waals surface area contributed by atoms with Crippen LogP contribution in [0.15, 0.2) is 12.1 Å². The number of nitrogens with one attached hydrogen (secondary N) is 1. The molecule has 1 aliphatic rings. The minimum Gasteiger partial charge on any atom is -0.386 e. The van der Waals surface area contributed by atoms with Crippen LogP contribution in [-0.4, -0.2) is 29.2 Å². The summed E-state index contributed by atoms with van der Waals surface area (Å²) in [5.74, 6) is 2.40. The van der Waals surface area contributed by atoms with Crippen molar-refractivity contribution in [2.24, 2.45) is 0 Å². The summed E-state index contributed by atoms with van der Waals surface area (Å²) < 4.78 is 0.737. The average molecular weight is 264 g/mol. The molecule has 2 rings (SSSR count). The van der Waals surface area contributed by atoms with E-state index >= 15 is 0 Å². The van der Waals surface area contributed by atoms with Crippen LogP contribution in [0.5, 0.6) is 0 Å². The van der Waals surface area contributed by atoms with Crippen LogP contribution in [0.2, 0.25) is 4.34 Å². The molecule has 1 fully saturated rings. The van der Waals surface area contributed by atoms with Gasteiger partial charge in [-0.2, -0.15) is 11.8 Å². The maximum Gasteiger partial charge on any atom is 0.101 e. The van der Waals surface area contributed by atoms with E-state index < -0.39 is 6.10 Å². The lowest BCUT2D eigenvalue weighted by Gasteiger charge is -2.14. The van der Waals surface area contributed by atoms with Crippen molar-refractivity contribution in [2.45, 2.75) is 18.6 Å². The lowest BCUT2D eigenvalue weighted by molar-refractivity contribution is 0.174. The Morgan fingerprint density at radius 3 is 3.07 bits per heavy atom. The fourth-order valence-corrected chi connectivity index (χ4v) is 3.82. The molecule has 2 heterocycles. The van der Waals surface area contributed by atoms with Gasteiger partial charge in [-0.05, 0) is 24.3 Å². The van der Waals surface area contributed by atoms with Crippen molar-refractivity contribution < 1.29 is 5.11 Å². The third-order valence-corrected chi connectivity index (χ3v) is 4.95. The zero-order chi connectivity index (χ0) is 10.7. The Hall–Kier alpha value is 0.260. The maximum absolute atomic E-state index is 9.88. The SMILES string of the molecule is OC(CNC1CCSC1)c1ccc(Cl)s1. The minimum absolute atomic E-state index is 0.423. The van der Waals surface area contributed by atoms with Gasteiger partial charge < -0.3 is 10.4 Å². The van der Waals surface area contributed by atoms with Crippen LogP contribution in [0.4, 0.5) is 0 Å². The van der Waals surface area contributed by atoms with Crippen molar-refractivity contribution in [1.29, 1.82) is 0 Å². The van der Waals surface area contributed by atoms with E-state index in [9.17, 15) is 5.11 Å². The second-order valence-electron chi connectivity index (χ2n) is 3.63. The van der Waals surface area contributed by atoms with E-state index in [0.29, 0.717) is 12.6 Å². The Kier molecular flexibility index (Phi) is 4.34. The van der Waals surface area contributed by atoms with Gasteiger partial charge in [0.25, 0.3) is 0 Å². The zero-order valence-corrected chi connectivity index (χ0v) is 10.7. The highest BCUT2D eigenvalue weighted by Crippen LogP contribution is 2.26. The van der Waals surface area contributed by atoms with E-state index in [0.717, 1.165) is 15.0 Å². The second-order valence-corrected chi connectivity index (χ2v) is 6.52. The molecule has 84 valence electrons. The van der Waals surface area contributed by atoms with Gasteiger partial charge in [0.1, 0.15) is 6.10 Å². The monoisotopic (exact) mass is 263 g/mol. The van der Waals surface area contributed by atoms with Gasteiger partial charge in [-0.15, -0.1) is 11.3 Å². The van der Waals surface area contributed by atoms with Crippen molar-refractivity contribution in [3.8, 4) is 0 Å². The van der Waals surface area contributed by atoms with Crippen molar-refractivity contribution >= 4 is 34.7 Å². The van der Waals surface area contributed by atoms with Crippen molar-refractivity contribution in [3.05, 3.63) is 21.3 Å². The highest BCUT2D eigenvalue weighted by molar-refractivity contribution is 7.99. The molecule has 15 heavy (non-hydrogen) atoms. The predicted molar refractivity (Wildman–Crippen MR) is 68.0 cm³/mol. The van der Waals surface area contributed by atoms with Gasteiger partial charge in [-0.25, -0.2) is 0 Å². The first-order valence-corrected chi connectivity index (χ1v) is 7.35. The van der Waals surface area contributed by atoms with Gasteiger partial charge in [-0.3, -0.25) is 0 Å². The lowest BCUT2D eigenvalue weighted by Crippen LogP contribution is -2.32. The van der Waals surface area contributed by atoms with E-state index in [1.165, 1.54) is 23.5 Å². The number of halogens is 1. The molecule has 1 aromatic heterocycles. The third-order valence-electron chi connectivity index (χ3n) is 2.45. The van der Waals surface area contributed by atoms with Gasteiger partial charge >= 0.3 is 0 Å². The fourth-order valence-electron chi connectivity index (χ4n) is 1.58. The molecule has 2 nitrogen and oxygen atoms in total. The quantitative estimate of drug-likeness (QED) is 0.876. The topological polar surface area (TPSA) is 32.3 Å². The van der Waals surface area contributed by atoms with Crippen LogP contribution in [-0.2, 0) is 0 Å². The molecule has 0 amide bonds. The van der Waals surface area contributed by atoms with Crippen molar-refractivity contribution in [1.82, 2.24) is 5.32 Å². The van der Waals surface area contributed by atoms with E-state index in [1.807, 2.05) is 23.9 Å². The van der Waals surface area contributed by atoms with Gasteiger partial charge in [0, 0.05) is 23.2 Å². The molecule has 1 aromatic rings. The van der Waals surface area contributed by atoms with Crippen LogP contribution in [0.3, 0.4) is 0 Å². The van der Waals surface area contributed by atoms with Gasteiger partial charge in [0.15, 0.2) is 0 Å². The molecule has 0 spiro atoms. The van der Waals surface area contributed by atoms with Crippen LogP contribution in [0.25, 0.3) is 0 Å². The summed E-state index contributed by atoms with van der Waals surface area (Å²) in [6, 6.07) is 4.29. The summed E-state index contributed by atoms with van der Waals surface area (Å²) in [6.07, 6.45) is 0.788. The predicted octanol–water partition coefficient (Wildman–Crippen LogP) is 2.53. The molecule has 2 atom stereocenters. The second kappa shape index (κ2) is 5.55. The fraction of sp³-hybridized carbons (Fsp3) is 0.600. The molecular formula is C10H14ClNOS2. The summed E-state index contributed by atoms with van der Waals surface area (Å²) >= 11 is 9.24. The number of hydrogen-bond acceptors (Lipinski definition) is 4. The van der Waals surface area contributed by atoms with Crippen LogP contribution in [0.1, 0.15) is 17.4 Å². The van der Waals surface area contributed by atoms with E-state index in [4.69, 9.17) is 11.6 Å². The van der Waals surface area contributed by atoms with Crippen molar-refractivity contribution in [2.75, 3.05) is 18.1 Å². The van der Waals surface area contributed by atoms with Gasteiger partial charge in [-0.1, -0.05) is 11.6 Å². The largest absolute Gasteiger partial charge is 0.386 e. The molecule has 1 saturated heterocycles. The number of aliphatic hydroxyl groups is 1. The molecular weight excluding hydrogens is 250 g/mol. The zero-order valence-electron chi connectivity index (χ0n) is 8.28. The number of thioether (sulfide) groups is 1. The maximum atomic E-state index is 9.88. The van der Waals surface area contributed by atoms with Gasteiger partial charge in [0.05, 0.1) is 4.34 Å². The molecule has 0 radical (unpaired) electrons. The molecule has 2 unspecified atom stereocenters. The van der Waals surface area contributed by atoms with Gasteiger partial charge in [0.2, 0.25) is 0 Å². The first-order valence-electron chi connectivity index (χ1n) is 5.00. The first kappa shape index (κ1) is 11.7. The Morgan fingerprint density at radius 1 is 1.60 bits per heavy atom. The first-order chi connectivity index (χ1) is 7.25. The molecule has 0 bridgehead atoms. The van der Waals surface area contributed by atoms with E-state index in [2.05, 4.69) is 5.32 Å². The highest BCUT2D eigenvalue weighted by Gasteiger charge is 2.17. The smallest absolute Gasteiger partial charge is 0.101 e. The Labute approximate surface area is 103 Å². The highest BCUT2D eigenvalue weighted by atomic mass is 35.5. The molecule has 0 saturated carbocycles. The summed E-state index contributed by atoms with van der Waals surface area (Å²) in [6.45, 7) is 0.627. The normalized spacial score (nSPS) is 23.2. The number of thiophene rings is 1.